The fourth-order valence-electron chi connectivity index (χ4n) is 1.67. The van der Waals surface area contributed by atoms with Crippen molar-refractivity contribution in [3.63, 3.8) is 0 Å². The van der Waals surface area contributed by atoms with Crippen LogP contribution in [0.1, 0.15) is 25.7 Å². The fraction of sp³-hybridized carbons (Fsp3) is 0.667. The van der Waals surface area contributed by atoms with Gasteiger partial charge in [-0.05, 0) is 17.7 Å². The molecule has 3 heteroatoms. The number of carboxylic acids is 1. The van der Waals surface area contributed by atoms with Gasteiger partial charge in [-0.25, -0.2) is 0 Å². The molecule has 0 amide bonds. The maximum absolute atomic E-state index is 10.8. The molecule has 0 aromatic heterocycles. The lowest BCUT2D eigenvalue weighted by Gasteiger charge is -2.23. The van der Waals surface area contributed by atoms with E-state index in [1.54, 1.807) is 0 Å². The predicted octanol–water partition coefficient (Wildman–Crippen LogP) is 2.23. The minimum absolute atomic E-state index is 0.0515. The highest BCUT2D eigenvalue weighted by atomic mass is 79.9. The summed E-state index contributed by atoms with van der Waals surface area (Å²) < 4.78 is 0. The zero-order chi connectivity index (χ0) is 8.97. The molecule has 0 radical (unpaired) electrons. The van der Waals surface area contributed by atoms with Gasteiger partial charge < -0.3 is 5.11 Å². The second-order valence-corrected chi connectivity index (χ2v) is 3.47. The van der Waals surface area contributed by atoms with E-state index < -0.39 is 5.97 Å². The van der Waals surface area contributed by atoms with E-state index in [0.29, 0.717) is 0 Å². The lowest BCUT2D eigenvalue weighted by atomic mass is 9.80. The number of carboxylic acid groups (broad SMARTS) is 1. The number of hydrogen-bond acceptors (Lipinski definition) is 1. The van der Waals surface area contributed by atoms with Crippen LogP contribution in [0.3, 0.4) is 0 Å². The van der Waals surface area contributed by atoms with E-state index in [-0.39, 0.29) is 11.8 Å². The molecule has 0 aromatic rings. The van der Waals surface area contributed by atoms with Crippen molar-refractivity contribution < 1.29 is 9.90 Å². The highest BCUT2D eigenvalue weighted by molar-refractivity contribution is 9.12. The molecule has 2 nitrogen and oxygen atoms in total. The van der Waals surface area contributed by atoms with E-state index in [4.69, 9.17) is 5.11 Å². The van der Waals surface area contributed by atoms with Crippen LogP contribution in [0.4, 0.5) is 0 Å². The second-order valence-electron chi connectivity index (χ2n) is 3.07. The van der Waals surface area contributed by atoms with Crippen LogP contribution in [0.5, 0.6) is 0 Å². The van der Waals surface area contributed by atoms with Gasteiger partial charge in [-0.1, -0.05) is 18.8 Å². The average Bonchev–Trinajstić information content (AvgIpc) is 2.05. The third-order valence-electron chi connectivity index (χ3n) is 2.32. The molecule has 0 heterocycles. The molecule has 2 unspecified atom stereocenters. The van der Waals surface area contributed by atoms with Gasteiger partial charge in [-0.2, -0.15) is 0 Å². The van der Waals surface area contributed by atoms with Gasteiger partial charge in [0.15, 0.2) is 0 Å². The Morgan fingerprint density at radius 1 is 1.42 bits per heavy atom. The van der Waals surface area contributed by atoms with Gasteiger partial charge in [0, 0.05) is 21.8 Å². The number of hydrogen-bond donors (Lipinski definition) is 1. The molecule has 0 aromatic carbocycles. The standard InChI is InChI=1S/C9H11BrO2/c10-6-5-7-3-1-2-4-8(7)9(11)12/h7-8H,1-4H2,(H,11,12). The van der Waals surface area contributed by atoms with Crippen molar-refractivity contribution >= 4 is 21.9 Å². The van der Waals surface area contributed by atoms with Crippen molar-refractivity contribution in [2.75, 3.05) is 0 Å². The van der Waals surface area contributed by atoms with E-state index in [1.807, 2.05) is 0 Å². The maximum Gasteiger partial charge on any atom is 0.307 e. The molecule has 1 rings (SSSR count). The Balaban J connectivity index is 2.64. The minimum Gasteiger partial charge on any atom is -0.481 e. The molecule has 0 bridgehead atoms. The van der Waals surface area contributed by atoms with Crippen molar-refractivity contribution in [2.45, 2.75) is 25.7 Å². The molecule has 0 saturated heterocycles. The van der Waals surface area contributed by atoms with Gasteiger partial charge in [-0.3, -0.25) is 4.79 Å². The largest absolute Gasteiger partial charge is 0.481 e. The third-order valence-corrected chi connectivity index (χ3v) is 2.55. The van der Waals surface area contributed by atoms with E-state index in [1.165, 1.54) is 0 Å². The summed E-state index contributed by atoms with van der Waals surface area (Å²) in [6.07, 6.45) is 3.84. The minimum atomic E-state index is -0.699. The Kier molecular flexibility index (Phi) is 3.61. The topological polar surface area (TPSA) is 37.3 Å². The summed E-state index contributed by atoms with van der Waals surface area (Å²) in [4.78, 5) is 13.4. The van der Waals surface area contributed by atoms with Crippen LogP contribution in [0.2, 0.25) is 0 Å². The van der Waals surface area contributed by atoms with Crippen molar-refractivity contribution in [3.05, 3.63) is 0 Å². The number of aliphatic carboxylic acids is 1. The van der Waals surface area contributed by atoms with Gasteiger partial charge in [0.1, 0.15) is 0 Å². The van der Waals surface area contributed by atoms with E-state index in [2.05, 4.69) is 26.7 Å². The smallest absolute Gasteiger partial charge is 0.307 e. The highest BCUT2D eigenvalue weighted by Crippen LogP contribution is 2.29. The normalized spacial score (nSPS) is 28.8. The van der Waals surface area contributed by atoms with E-state index in [9.17, 15) is 4.79 Å². The van der Waals surface area contributed by atoms with Gasteiger partial charge in [0.2, 0.25) is 0 Å². The summed E-state index contributed by atoms with van der Waals surface area (Å²) in [5.74, 6) is 2.01. The average molecular weight is 231 g/mol. The van der Waals surface area contributed by atoms with Crippen molar-refractivity contribution in [3.8, 4) is 10.8 Å². The summed E-state index contributed by atoms with van der Waals surface area (Å²) >= 11 is 3.01. The first-order chi connectivity index (χ1) is 5.75. The Morgan fingerprint density at radius 2 is 2.08 bits per heavy atom. The lowest BCUT2D eigenvalue weighted by molar-refractivity contribution is -0.143. The Morgan fingerprint density at radius 3 is 2.67 bits per heavy atom. The quantitative estimate of drug-likeness (QED) is 0.702. The predicted molar refractivity (Wildman–Crippen MR) is 49.8 cm³/mol. The Labute approximate surface area is 80.5 Å². The van der Waals surface area contributed by atoms with Gasteiger partial charge >= 0.3 is 5.97 Å². The molecule has 1 N–H and O–H groups in total. The van der Waals surface area contributed by atoms with Gasteiger partial charge in [0.25, 0.3) is 0 Å². The summed E-state index contributed by atoms with van der Waals surface area (Å²) in [6, 6.07) is 0. The van der Waals surface area contributed by atoms with Crippen LogP contribution in [0, 0.1) is 22.6 Å². The van der Waals surface area contributed by atoms with Crippen molar-refractivity contribution in [1.82, 2.24) is 0 Å². The van der Waals surface area contributed by atoms with E-state index >= 15 is 0 Å². The molecule has 1 aliphatic carbocycles. The third kappa shape index (κ3) is 2.25. The first kappa shape index (κ1) is 9.60. The van der Waals surface area contributed by atoms with Crippen LogP contribution >= 0.6 is 15.9 Å². The summed E-state index contributed by atoms with van der Waals surface area (Å²) in [6.45, 7) is 0. The van der Waals surface area contributed by atoms with Crippen LogP contribution in [-0.2, 0) is 4.79 Å². The summed E-state index contributed by atoms with van der Waals surface area (Å²) in [5.41, 5.74) is 0. The van der Waals surface area contributed by atoms with Crippen LogP contribution < -0.4 is 0 Å². The molecule has 1 fully saturated rings. The molecule has 0 aliphatic heterocycles. The molecule has 2 atom stereocenters. The number of halogens is 1. The Bertz CT molecular complexity index is 226. The van der Waals surface area contributed by atoms with E-state index in [0.717, 1.165) is 25.7 Å². The monoisotopic (exact) mass is 230 g/mol. The van der Waals surface area contributed by atoms with Crippen LogP contribution in [0.25, 0.3) is 0 Å². The van der Waals surface area contributed by atoms with Gasteiger partial charge in [0.05, 0.1) is 5.92 Å². The van der Waals surface area contributed by atoms with Gasteiger partial charge in [-0.15, -0.1) is 0 Å². The molecule has 1 saturated carbocycles. The highest BCUT2D eigenvalue weighted by Gasteiger charge is 2.29. The first-order valence-electron chi connectivity index (χ1n) is 4.09. The SMILES string of the molecule is O=C(O)C1CCCCC1C#CBr. The first-order valence-corrected chi connectivity index (χ1v) is 4.89. The van der Waals surface area contributed by atoms with Crippen LogP contribution in [0.15, 0.2) is 0 Å². The summed E-state index contributed by atoms with van der Waals surface area (Å²) in [7, 11) is 0. The molecular weight excluding hydrogens is 220 g/mol. The molecule has 66 valence electrons. The fourth-order valence-corrected chi connectivity index (χ4v) is 1.96. The zero-order valence-electron chi connectivity index (χ0n) is 6.72. The number of rotatable bonds is 1. The molecule has 0 spiro atoms. The molecular formula is C9H11BrO2. The van der Waals surface area contributed by atoms with Crippen LogP contribution in [-0.4, -0.2) is 11.1 Å². The molecule has 1 aliphatic rings. The second kappa shape index (κ2) is 4.51. The van der Waals surface area contributed by atoms with Crippen molar-refractivity contribution in [1.29, 1.82) is 0 Å². The molecule has 12 heavy (non-hydrogen) atoms. The number of carbonyl (C=O) groups is 1. The zero-order valence-corrected chi connectivity index (χ0v) is 8.30. The van der Waals surface area contributed by atoms with Crippen molar-refractivity contribution in [2.24, 2.45) is 11.8 Å². The Hall–Kier alpha value is -0.490. The lowest BCUT2D eigenvalue weighted by Crippen LogP contribution is -2.25. The maximum atomic E-state index is 10.8. The summed E-state index contributed by atoms with van der Waals surface area (Å²) in [5, 5.41) is 8.85.